The highest BCUT2D eigenvalue weighted by molar-refractivity contribution is 5.80. The lowest BCUT2D eigenvalue weighted by molar-refractivity contribution is 0.815. The van der Waals surface area contributed by atoms with Gasteiger partial charge in [0.15, 0.2) is 0 Å². The Hall–Kier alpha value is -2.71. The minimum atomic E-state index is 0.430. The number of pyridine rings is 2. The van der Waals surface area contributed by atoms with Crippen molar-refractivity contribution >= 4 is 11.0 Å². The lowest BCUT2D eigenvalue weighted by Crippen LogP contribution is -2.02. The van der Waals surface area contributed by atoms with Crippen LogP contribution in [-0.4, -0.2) is 21.1 Å². The highest BCUT2D eigenvalue weighted by Gasteiger charge is 2.09. The quantitative estimate of drug-likeness (QED) is 0.789. The lowest BCUT2D eigenvalue weighted by Gasteiger charge is -2.04. The zero-order valence-corrected chi connectivity index (χ0v) is 11.5. The van der Waals surface area contributed by atoms with Gasteiger partial charge in [0, 0.05) is 30.5 Å². The van der Waals surface area contributed by atoms with E-state index in [1.54, 1.807) is 18.5 Å². The Kier molecular flexibility index (Phi) is 3.63. The van der Waals surface area contributed by atoms with Crippen molar-refractivity contribution in [1.29, 1.82) is 5.26 Å². The fourth-order valence-electron chi connectivity index (χ4n) is 2.50. The standard InChI is InChI=1S/C16H15N5/c17-5-3-13-11-21(16-15(13)2-1-6-20-16)10-12-4-7-19-14(8-12)9-18/h1-2,4,6-8,11H,3,5,10,17H2. The predicted octanol–water partition coefficient (Wildman–Crippen LogP) is 1.85. The predicted molar refractivity (Wildman–Crippen MR) is 80.5 cm³/mol. The molecule has 3 aromatic rings. The van der Waals surface area contributed by atoms with Crippen molar-refractivity contribution in [2.24, 2.45) is 5.73 Å². The maximum Gasteiger partial charge on any atom is 0.140 e. The highest BCUT2D eigenvalue weighted by Crippen LogP contribution is 2.20. The Morgan fingerprint density at radius 1 is 1.24 bits per heavy atom. The molecule has 0 aliphatic carbocycles. The van der Waals surface area contributed by atoms with Crippen LogP contribution in [0.2, 0.25) is 0 Å². The summed E-state index contributed by atoms with van der Waals surface area (Å²) in [5, 5.41) is 10.1. The van der Waals surface area contributed by atoms with E-state index in [2.05, 4.69) is 32.9 Å². The molecule has 0 atom stereocenters. The van der Waals surface area contributed by atoms with Crippen LogP contribution in [0.25, 0.3) is 11.0 Å². The highest BCUT2D eigenvalue weighted by atomic mass is 15.0. The fraction of sp³-hybridized carbons (Fsp3) is 0.188. The first kappa shape index (κ1) is 13.3. The minimum absolute atomic E-state index is 0.430. The molecule has 0 aliphatic rings. The van der Waals surface area contributed by atoms with Gasteiger partial charge in [-0.1, -0.05) is 0 Å². The van der Waals surface area contributed by atoms with Crippen molar-refractivity contribution in [3.05, 3.63) is 59.7 Å². The van der Waals surface area contributed by atoms with Crippen molar-refractivity contribution in [3.8, 4) is 6.07 Å². The van der Waals surface area contributed by atoms with E-state index in [1.165, 1.54) is 5.56 Å². The summed E-state index contributed by atoms with van der Waals surface area (Å²) in [4.78, 5) is 8.46. The van der Waals surface area contributed by atoms with Gasteiger partial charge in [0.25, 0.3) is 0 Å². The van der Waals surface area contributed by atoms with Gasteiger partial charge in [-0.05, 0) is 48.4 Å². The van der Waals surface area contributed by atoms with Crippen LogP contribution in [0, 0.1) is 11.3 Å². The summed E-state index contributed by atoms with van der Waals surface area (Å²) in [6, 6.07) is 9.79. The average molecular weight is 277 g/mol. The van der Waals surface area contributed by atoms with Crippen molar-refractivity contribution in [2.45, 2.75) is 13.0 Å². The molecule has 3 aromatic heterocycles. The molecular weight excluding hydrogens is 262 g/mol. The summed E-state index contributed by atoms with van der Waals surface area (Å²) in [5.74, 6) is 0. The van der Waals surface area contributed by atoms with Gasteiger partial charge >= 0.3 is 0 Å². The largest absolute Gasteiger partial charge is 0.330 e. The van der Waals surface area contributed by atoms with Crippen LogP contribution < -0.4 is 5.73 Å². The van der Waals surface area contributed by atoms with E-state index in [4.69, 9.17) is 11.0 Å². The van der Waals surface area contributed by atoms with Crippen LogP contribution in [0.4, 0.5) is 0 Å². The topological polar surface area (TPSA) is 80.5 Å². The minimum Gasteiger partial charge on any atom is -0.330 e. The van der Waals surface area contributed by atoms with E-state index in [9.17, 15) is 0 Å². The molecule has 104 valence electrons. The second-order valence-electron chi connectivity index (χ2n) is 4.86. The van der Waals surface area contributed by atoms with E-state index in [-0.39, 0.29) is 0 Å². The summed E-state index contributed by atoms with van der Waals surface area (Å²) < 4.78 is 2.09. The van der Waals surface area contributed by atoms with Gasteiger partial charge in [0.05, 0.1) is 0 Å². The molecule has 0 aliphatic heterocycles. The Labute approximate surface area is 122 Å². The van der Waals surface area contributed by atoms with Gasteiger partial charge in [-0.3, -0.25) is 0 Å². The molecular formula is C16H15N5. The Bertz CT molecular complexity index is 813. The van der Waals surface area contributed by atoms with Crippen molar-refractivity contribution in [3.63, 3.8) is 0 Å². The van der Waals surface area contributed by atoms with E-state index in [0.29, 0.717) is 18.8 Å². The summed E-state index contributed by atoms with van der Waals surface area (Å²) >= 11 is 0. The van der Waals surface area contributed by atoms with Crippen LogP contribution in [-0.2, 0) is 13.0 Å². The number of aromatic nitrogens is 3. The maximum atomic E-state index is 8.93. The molecule has 0 aromatic carbocycles. The second-order valence-corrected chi connectivity index (χ2v) is 4.86. The zero-order valence-electron chi connectivity index (χ0n) is 11.5. The van der Waals surface area contributed by atoms with Gasteiger partial charge in [0.1, 0.15) is 17.4 Å². The maximum absolute atomic E-state index is 8.93. The van der Waals surface area contributed by atoms with E-state index < -0.39 is 0 Å². The number of nitriles is 1. The van der Waals surface area contributed by atoms with Crippen LogP contribution in [0.1, 0.15) is 16.8 Å². The molecule has 5 nitrogen and oxygen atoms in total. The first-order valence-corrected chi connectivity index (χ1v) is 6.79. The van der Waals surface area contributed by atoms with Crippen LogP contribution >= 0.6 is 0 Å². The van der Waals surface area contributed by atoms with Crippen molar-refractivity contribution in [2.75, 3.05) is 6.54 Å². The van der Waals surface area contributed by atoms with E-state index in [1.807, 2.05) is 12.1 Å². The van der Waals surface area contributed by atoms with Crippen LogP contribution in [0.15, 0.2) is 42.9 Å². The van der Waals surface area contributed by atoms with Crippen LogP contribution in [0.3, 0.4) is 0 Å². The molecule has 0 spiro atoms. The normalized spacial score (nSPS) is 10.7. The zero-order chi connectivity index (χ0) is 14.7. The molecule has 5 heteroatoms. The first-order chi connectivity index (χ1) is 10.3. The molecule has 0 saturated heterocycles. The Morgan fingerprint density at radius 2 is 2.14 bits per heavy atom. The van der Waals surface area contributed by atoms with Crippen LogP contribution in [0.5, 0.6) is 0 Å². The number of nitrogens with two attached hydrogens (primary N) is 1. The fourth-order valence-corrected chi connectivity index (χ4v) is 2.50. The molecule has 21 heavy (non-hydrogen) atoms. The van der Waals surface area contributed by atoms with E-state index >= 15 is 0 Å². The number of hydrogen-bond donors (Lipinski definition) is 1. The monoisotopic (exact) mass is 277 g/mol. The molecule has 0 unspecified atom stereocenters. The van der Waals surface area contributed by atoms with Gasteiger partial charge in [-0.25, -0.2) is 9.97 Å². The van der Waals surface area contributed by atoms with Gasteiger partial charge in [-0.2, -0.15) is 5.26 Å². The third-order valence-corrected chi connectivity index (χ3v) is 3.42. The third-order valence-electron chi connectivity index (χ3n) is 3.42. The number of nitrogens with zero attached hydrogens (tertiary/aromatic N) is 4. The number of fused-ring (bicyclic) bond motifs is 1. The SMILES string of the molecule is N#Cc1cc(Cn2cc(CCN)c3cccnc32)ccn1. The summed E-state index contributed by atoms with van der Waals surface area (Å²) in [7, 11) is 0. The summed E-state index contributed by atoms with van der Waals surface area (Å²) in [5.41, 5.74) is 9.28. The lowest BCUT2D eigenvalue weighted by atomic mass is 10.2. The third kappa shape index (κ3) is 2.62. The molecule has 2 N–H and O–H groups in total. The van der Waals surface area contributed by atoms with Gasteiger partial charge in [0.2, 0.25) is 0 Å². The molecule has 0 fully saturated rings. The Morgan fingerprint density at radius 3 is 2.95 bits per heavy atom. The van der Waals surface area contributed by atoms with Crippen molar-refractivity contribution in [1.82, 2.24) is 14.5 Å². The second kappa shape index (κ2) is 5.73. The average Bonchev–Trinajstić information content (AvgIpc) is 2.86. The molecule has 0 radical (unpaired) electrons. The van der Waals surface area contributed by atoms with Gasteiger partial charge in [-0.15, -0.1) is 0 Å². The smallest absolute Gasteiger partial charge is 0.140 e. The molecule has 0 amide bonds. The van der Waals surface area contributed by atoms with Crippen molar-refractivity contribution < 1.29 is 0 Å². The number of rotatable bonds is 4. The van der Waals surface area contributed by atoms with E-state index in [0.717, 1.165) is 23.0 Å². The first-order valence-electron chi connectivity index (χ1n) is 6.79. The molecule has 3 rings (SSSR count). The molecule has 0 bridgehead atoms. The van der Waals surface area contributed by atoms with Gasteiger partial charge < -0.3 is 10.3 Å². The molecule has 0 saturated carbocycles. The number of hydrogen-bond acceptors (Lipinski definition) is 4. The summed E-state index contributed by atoms with van der Waals surface area (Å²) in [6.45, 7) is 1.27. The summed E-state index contributed by atoms with van der Waals surface area (Å²) in [6.07, 6.45) is 6.37. The Balaban J connectivity index is 2.02. The molecule has 3 heterocycles.